The van der Waals surface area contributed by atoms with E-state index in [1.54, 1.807) is 23.9 Å². The number of ether oxygens (including phenoxy) is 1. The molecular weight excluding hydrogens is 335 g/mol. The van der Waals surface area contributed by atoms with Gasteiger partial charge in [-0.15, -0.1) is 0 Å². The van der Waals surface area contributed by atoms with Crippen molar-refractivity contribution in [3.8, 4) is 5.69 Å². The molecule has 2 heterocycles. The summed E-state index contributed by atoms with van der Waals surface area (Å²) in [6.45, 7) is 2.63. The molecule has 0 saturated carbocycles. The fourth-order valence-electron chi connectivity index (χ4n) is 3.34. The molecule has 0 aliphatic carbocycles. The summed E-state index contributed by atoms with van der Waals surface area (Å²) in [6.07, 6.45) is 4.04. The summed E-state index contributed by atoms with van der Waals surface area (Å²) in [4.78, 5) is 12.7. The van der Waals surface area contributed by atoms with Crippen molar-refractivity contribution >= 4 is 5.91 Å². The second kappa shape index (κ2) is 8.42. The van der Waals surface area contributed by atoms with Crippen LogP contribution >= 0.6 is 0 Å². The molecule has 26 heavy (non-hydrogen) atoms. The Morgan fingerprint density at radius 2 is 2.04 bits per heavy atom. The van der Waals surface area contributed by atoms with Crippen LogP contribution in [0.4, 0.5) is 4.39 Å². The molecule has 7 heteroatoms. The molecule has 0 bridgehead atoms. The van der Waals surface area contributed by atoms with Crippen LogP contribution < -0.4 is 10.6 Å². The quantitative estimate of drug-likeness (QED) is 0.788. The molecular formula is C19H25FN4O2. The standard InChI is InChI=1S/C19H25FN4O2/c1-26-14-19(8-11-21-12-9-19)18(25)22-10-6-16-7-13-24(23-16)17-4-2-15(20)3-5-17/h2-5,7,13,21H,6,8-12,14H2,1H3,(H,22,25). The fourth-order valence-corrected chi connectivity index (χ4v) is 3.34. The smallest absolute Gasteiger partial charge is 0.228 e. The number of halogens is 1. The number of aromatic nitrogens is 2. The molecule has 1 aliphatic rings. The first kappa shape index (κ1) is 18.5. The van der Waals surface area contributed by atoms with E-state index in [4.69, 9.17) is 4.74 Å². The van der Waals surface area contributed by atoms with E-state index in [1.165, 1.54) is 12.1 Å². The van der Waals surface area contributed by atoms with Crippen molar-refractivity contribution in [1.82, 2.24) is 20.4 Å². The van der Waals surface area contributed by atoms with E-state index in [0.29, 0.717) is 19.6 Å². The highest BCUT2D eigenvalue weighted by Crippen LogP contribution is 2.29. The Bertz CT molecular complexity index is 718. The van der Waals surface area contributed by atoms with Gasteiger partial charge in [-0.05, 0) is 56.3 Å². The summed E-state index contributed by atoms with van der Waals surface area (Å²) in [6, 6.07) is 8.08. The highest BCUT2D eigenvalue weighted by molar-refractivity contribution is 5.83. The van der Waals surface area contributed by atoms with E-state index in [-0.39, 0.29) is 11.7 Å². The molecule has 1 fully saturated rings. The number of amides is 1. The molecule has 0 radical (unpaired) electrons. The Balaban J connectivity index is 1.54. The third-order valence-electron chi connectivity index (χ3n) is 4.87. The maximum Gasteiger partial charge on any atom is 0.228 e. The number of nitrogens with one attached hydrogen (secondary N) is 2. The van der Waals surface area contributed by atoms with Gasteiger partial charge in [0.2, 0.25) is 5.91 Å². The summed E-state index contributed by atoms with van der Waals surface area (Å²) in [5.74, 6) is -0.217. The first-order valence-electron chi connectivity index (χ1n) is 8.91. The molecule has 6 nitrogen and oxygen atoms in total. The van der Waals surface area contributed by atoms with Crippen LogP contribution in [-0.2, 0) is 16.0 Å². The van der Waals surface area contributed by atoms with Gasteiger partial charge in [0.15, 0.2) is 0 Å². The Hall–Kier alpha value is -2.25. The average molecular weight is 360 g/mol. The third kappa shape index (κ3) is 4.28. The molecule has 0 spiro atoms. The molecule has 1 amide bonds. The molecule has 1 aliphatic heterocycles. The fraction of sp³-hybridized carbons (Fsp3) is 0.474. The Morgan fingerprint density at radius 1 is 1.31 bits per heavy atom. The molecule has 2 aromatic rings. The number of methoxy groups -OCH3 is 1. The number of rotatable bonds is 7. The lowest BCUT2D eigenvalue weighted by molar-refractivity contribution is -0.136. The zero-order valence-corrected chi connectivity index (χ0v) is 15.0. The third-order valence-corrected chi connectivity index (χ3v) is 4.87. The zero-order chi connectivity index (χ0) is 18.4. The van der Waals surface area contributed by atoms with Crippen molar-refractivity contribution in [2.24, 2.45) is 5.41 Å². The molecule has 2 N–H and O–H groups in total. The zero-order valence-electron chi connectivity index (χ0n) is 15.0. The van der Waals surface area contributed by atoms with Crippen LogP contribution in [0.5, 0.6) is 0 Å². The number of hydrogen-bond donors (Lipinski definition) is 2. The van der Waals surface area contributed by atoms with E-state index >= 15 is 0 Å². The number of piperidine rings is 1. The van der Waals surface area contributed by atoms with Crippen LogP contribution in [0.2, 0.25) is 0 Å². The van der Waals surface area contributed by atoms with Gasteiger partial charge in [0.05, 0.1) is 23.4 Å². The first-order chi connectivity index (χ1) is 12.6. The van der Waals surface area contributed by atoms with Crippen molar-refractivity contribution in [1.29, 1.82) is 0 Å². The topological polar surface area (TPSA) is 68.2 Å². The summed E-state index contributed by atoms with van der Waals surface area (Å²) < 4.78 is 20.0. The van der Waals surface area contributed by atoms with Crippen LogP contribution in [-0.4, -0.2) is 49.0 Å². The first-order valence-corrected chi connectivity index (χ1v) is 8.91. The monoisotopic (exact) mass is 360 g/mol. The van der Waals surface area contributed by atoms with E-state index in [1.807, 2.05) is 12.3 Å². The van der Waals surface area contributed by atoms with Gasteiger partial charge in [-0.1, -0.05) is 0 Å². The van der Waals surface area contributed by atoms with Crippen LogP contribution in [0.3, 0.4) is 0 Å². The number of nitrogens with zero attached hydrogens (tertiary/aromatic N) is 2. The average Bonchev–Trinajstić information content (AvgIpc) is 3.12. The summed E-state index contributed by atoms with van der Waals surface area (Å²) in [5, 5.41) is 10.8. The number of hydrogen-bond acceptors (Lipinski definition) is 4. The number of carbonyl (C=O) groups excluding carboxylic acids is 1. The molecule has 140 valence electrons. The summed E-state index contributed by atoms with van der Waals surface area (Å²) in [5.41, 5.74) is 1.24. The van der Waals surface area contributed by atoms with Crippen molar-refractivity contribution < 1.29 is 13.9 Å². The van der Waals surface area contributed by atoms with Crippen molar-refractivity contribution in [2.45, 2.75) is 19.3 Å². The van der Waals surface area contributed by atoms with Crippen LogP contribution in [0.15, 0.2) is 36.5 Å². The highest BCUT2D eigenvalue weighted by atomic mass is 19.1. The lowest BCUT2D eigenvalue weighted by atomic mass is 9.78. The van der Waals surface area contributed by atoms with Gasteiger partial charge in [0, 0.05) is 26.3 Å². The Morgan fingerprint density at radius 3 is 2.73 bits per heavy atom. The van der Waals surface area contributed by atoms with Crippen molar-refractivity contribution in [3.63, 3.8) is 0 Å². The predicted octanol–water partition coefficient (Wildman–Crippen LogP) is 1.69. The summed E-state index contributed by atoms with van der Waals surface area (Å²) in [7, 11) is 1.64. The number of carbonyl (C=O) groups is 1. The van der Waals surface area contributed by atoms with Gasteiger partial charge in [0.1, 0.15) is 5.82 Å². The summed E-state index contributed by atoms with van der Waals surface area (Å²) >= 11 is 0. The Kier molecular flexibility index (Phi) is 6.00. The lowest BCUT2D eigenvalue weighted by Gasteiger charge is -2.35. The molecule has 3 rings (SSSR count). The van der Waals surface area contributed by atoms with E-state index < -0.39 is 5.41 Å². The second-order valence-corrected chi connectivity index (χ2v) is 6.70. The van der Waals surface area contributed by atoms with Gasteiger partial charge < -0.3 is 15.4 Å². The Labute approximate surface area is 152 Å². The minimum absolute atomic E-state index is 0.0545. The largest absolute Gasteiger partial charge is 0.384 e. The molecule has 0 unspecified atom stereocenters. The maximum absolute atomic E-state index is 13.0. The lowest BCUT2D eigenvalue weighted by Crippen LogP contribution is -2.50. The van der Waals surface area contributed by atoms with Gasteiger partial charge in [-0.25, -0.2) is 9.07 Å². The van der Waals surface area contributed by atoms with Crippen LogP contribution in [0.25, 0.3) is 5.69 Å². The minimum atomic E-state index is -0.437. The van der Waals surface area contributed by atoms with E-state index in [0.717, 1.165) is 37.3 Å². The van der Waals surface area contributed by atoms with E-state index in [2.05, 4.69) is 15.7 Å². The van der Waals surface area contributed by atoms with Crippen LogP contribution in [0.1, 0.15) is 18.5 Å². The van der Waals surface area contributed by atoms with Gasteiger partial charge in [0.25, 0.3) is 0 Å². The molecule has 0 atom stereocenters. The molecule has 1 aromatic heterocycles. The SMILES string of the molecule is COCC1(C(=O)NCCc2ccn(-c3ccc(F)cc3)n2)CCNCC1. The van der Waals surface area contributed by atoms with Crippen LogP contribution in [0, 0.1) is 11.2 Å². The van der Waals surface area contributed by atoms with Gasteiger partial charge in [-0.3, -0.25) is 4.79 Å². The normalized spacial score (nSPS) is 16.4. The van der Waals surface area contributed by atoms with Crippen molar-refractivity contribution in [2.75, 3.05) is 33.4 Å². The second-order valence-electron chi connectivity index (χ2n) is 6.70. The van der Waals surface area contributed by atoms with Gasteiger partial charge >= 0.3 is 0 Å². The molecule has 1 aromatic carbocycles. The van der Waals surface area contributed by atoms with E-state index in [9.17, 15) is 9.18 Å². The van der Waals surface area contributed by atoms with Crippen molar-refractivity contribution in [3.05, 3.63) is 48.0 Å². The maximum atomic E-state index is 13.0. The molecule has 1 saturated heterocycles. The predicted molar refractivity (Wildman–Crippen MR) is 96.6 cm³/mol. The number of benzene rings is 1. The van der Waals surface area contributed by atoms with Gasteiger partial charge in [-0.2, -0.15) is 5.10 Å². The highest BCUT2D eigenvalue weighted by Gasteiger charge is 2.39. The minimum Gasteiger partial charge on any atom is -0.384 e.